The van der Waals surface area contributed by atoms with Crippen molar-refractivity contribution in [1.82, 2.24) is 19.6 Å². The zero-order valence-corrected chi connectivity index (χ0v) is 19.7. The first-order chi connectivity index (χ1) is 15.6. The van der Waals surface area contributed by atoms with Crippen molar-refractivity contribution in [2.45, 2.75) is 74.9 Å². The van der Waals surface area contributed by atoms with E-state index in [0.29, 0.717) is 11.8 Å². The summed E-state index contributed by atoms with van der Waals surface area (Å²) < 4.78 is 62.6. The first kappa shape index (κ1) is 24.2. The van der Waals surface area contributed by atoms with Gasteiger partial charge in [-0.2, -0.15) is 8.78 Å². The van der Waals surface area contributed by atoms with Crippen LogP contribution < -0.4 is 4.72 Å². The lowest BCUT2D eigenvalue weighted by molar-refractivity contribution is -0.0104. The summed E-state index contributed by atoms with van der Waals surface area (Å²) in [6.07, 6.45) is 5.41. The van der Waals surface area contributed by atoms with Crippen LogP contribution >= 0.6 is 0 Å². The Morgan fingerprint density at radius 1 is 1.30 bits per heavy atom. The van der Waals surface area contributed by atoms with Gasteiger partial charge in [0, 0.05) is 29.9 Å². The van der Waals surface area contributed by atoms with Gasteiger partial charge in [0.25, 0.3) is 10.0 Å². The van der Waals surface area contributed by atoms with Crippen LogP contribution in [-0.4, -0.2) is 73.1 Å². The second kappa shape index (κ2) is 9.03. The van der Waals surface area contributed by atoms with Crippen molar-refractivity contribution in [2.24, 2.45) is 11.8 Å². The normalized spacial score (nSPS) is 36.0. The molecule has 3 fully saturated rings. The van der Waals surface area contributed by atoms with Gasteiger partial charge in [0.2, 0.25) is 0 Å². The molecule has 0 aromatic carbocycles. The SMILES string of the molecule is COC(=O)N1[C@H](C)C[C@H](NS(=O)(=O)C(F)F)[C@@H]1CO[C@H]1CC[C@]2(c3ncccn3)[C@H](C1)[C@@H]2C. The first-order valence-electron chi connectivity index (χ1n) is 11.2. The van der Waals surface area contributed by atoms with Crippen LogP contribution in [0.1, 0.15) is 45.4 Å². The van der Waals surface area contributed by atoms with Crippen molar-refractivity contribution in [3.8, 4) is 0 Å². The average Bonchev–Trinajstić information content (AvgIpc) is 3.27. The number of hydrogen-bond donors (Lipinski definition) is 1. The van der Waals surface area contributed by atoms with Crippen LogP contribution in [0.5, 0.6) is 0 Å². The van der Waals surface area contributed by atoms with E-state index in [1.165, 1.54) is 12.0 Å². The van der Waals surface area contributed by atoms with Crippen LogP contribution in [0, 0.1) is 11.8 Å². The van der Waals surface area contributed by atoms with Crippen LogP contribution in [0.25, 0.3) is 0 Å². The van der Waals surface area contributed by atoms with Crippen molar-refractivity contribution in [2.75, 3.05) is 13.7 Å². The number of rotatable bonds is 7. The summed E-state index contributed by atoms with van der Waals surface area (Å²) in [6, 6.07) is -0.236. The van der Waals surface area contributed by atoms with Gasteiger partial charge in [-0.15, -0.1) is 0 Å². The fourth-order valence-electron chi connectivity index (χ4n) is 5.93. The number of nitrogens with zero attached hydrogens (tertiary/aromatic N) is 3. The third-order valence-corrected chi connectivity index (χ3v) is 8.78. The molecule has 1 amide bonds. The summed E-state index contributed by atoms with van der Waals surface area (Å²) in [5, 5.41) is 0. The lowest BCUT2D eigenvalue weighted by atomic mass is 9.85. The van der Waals surface area contributed by atoms with Crippen molar-refractivity contribution in [3.63, 3.8) is 0 Å². The Morgan fingerprint density at radius 2 is 2.00 bits per heavy atom. The Hall–Kier alpha value is -1.92. The minimum Gasteiger partial charge on any atom is -0.453 e. The molecule has 2 saturated carbocycles. The molecular formula is C21H30F2N4O5S. The number of methoxy groups -OCH3 is 1. The number of likely N-dealkylation sites (tertiary alicyclic amines) is 1. The molecule has 0 unspecified atom stereocenters. The molecule has 1 aromatic rings. The monoisotopic (exact) mass is 488 g/mol. The van der Waals surface area contributed by atoms with Crippen molar-refractivity contribution in [1.29, 1.82) is 0 Å². The van der Waals surface area contributed by atoms with E-state index in [0.717, 1.165) is 25.1 Å². The van der Waals surface area contributed by atoms with E-state index in [4.69, 9.17) is 9.47 Å². The van der Waals surface area contributed by atoms with E-state index >= 15 is 0 Å². The number of halogens is 2. The van der Waals surface area contributed by atoms with Gasteiger partial charge in [0.15, 0.2) is 0 Å². The van der Waals surface area contributed by atoms with E-state index in [2.05, 4.69) is 21.6 Å². The largest absolute Gasteiger partial charge is 0.453 e. The van der Waals surface area contributed by atoms with E-state index in [1.807, 2.05) is 0 Å². The number of aromatic nitrogens is 2. The Kier molecular flexibility index (Phi) is 6.62. The molecule has 7 atom stereocenters. The van der Waals surface area contributed by atoms with Crippen LogP contribution in [0.4, 0.5) is 13.6 Å². The second-order valence-corrected chi connectivity index (χ2v) is 11.0. The number of ether oxygens (including phenoxy) is 2. The summed E-state index contributed by atoms with van der Waals surface area (Å²) in [7, 11) is -3.59. The Labute approximate surface area is 192 Å². The number of amides is 1. The van der Waals surface area contributed by atoms with Gasteiger partial charge in [0.05, 0.1) is 25.9 Å². The number of fused-ring (bicyclic) bond motifs is 1. The lowest BCUT2D eigenvalue weighted by Crippen LogP contribution is -2.51. The third-order valence-electron chi connectivity index (χ3n) is 7.68. The Morgan fingerprint density at radius 3 is 2.61 bits per heavy atom. The molecule has 3 aliphatic rings. The van der Waals surface area contributed by atoms with Crippen molar-refractivity contribution in [3.05, 3.63) is 24.3 Å². The van der Waals surface area contributed by atoms with Gasteiger partial charge in [-0.05, 0) is 50.5 Å². The Balaban J connectivity index is 1.43. The van der Waals surface area contributed by atoms with Gasteiger partial charge in [-0.3, -0.25) is 4.90 Å². The highest BCUT2D eigenvalue weighted by molar-refractivity contribution is 7.89. The van der Waals surface area contributed by atoms with Gasteiger partial charge >= 0.3 is 11.9 Å². The summed E-state index contributed by atoms with van der Waals surface area (Å²) >= 11 is 0. The molecule has 0 radical (unpaired) electrons. The fourth-order valence-corrected chi connectivity index (χ4v) is 6.70. The van der Waals surface area contributed by atoms with Crippen LogP contribution in [0.15, 0.2) is 18.5 Å². The highest BCUT2D eigenvalue weighted by Gasteiger charge is 2.66. The molecule has 1 aromatic heterocycles. The number of carbonyl (C=O) groups excluding carboxylic acids is 1. The summed E-state index contributed by atoms with van der Waals surface area (Å²) in [5.74, 6) is -1.88. The predicted molar refractivity (Wildman–Crippen MR) is 114 cm³/mol. The first-order valence-corrected chi connectivity index (χ1v) is 12.7. The molecule has 33 heavy (non-hydrogen) atoms. The Bertz CT molecular complexity index is 969. The highest BCUT2D eigenvalue weighted by atomic mass is 32.2. The molecule has 4 rings (SSSR count). The maximum absolute atomic E-state index is 13.0. The highest BCUT2D eigenvalue weighted by Crippen LogP contribution is 2.66. The molecule has 0 bridgehead atoms. The number of hydrogen-bond acceptors (Lipinski definition) is 7. The fraction of sp³-hybridized carbons (Fsp3) is 0.762. The summed E-state index contributed by atoms with van der Waals surface area (Å²) in [5.41, 5.74) is -0.0313. The smallest absolute Gasteiger partial charge is 0.410 e. The molecule has 0 spiro atoms. The molecule has 2 heterocycles. The van der Waals surface area contributed by atoms with Crippen LogP contribution in [0.3, 0.4) is 0 Å². The quantitative estimate of drug-likeness (QED) is 0.627. The maximum atomic E-state index is 13.0. The summed E-state index contributed by atoms with van der Waals surface area (Å²) in [4.78, 5) is 22.7. The average molecular weight is 489 g/mol. The molecule has 1 aliphatic heterocycles. The van der Waals surface area contributed by atoms with Gasteiger partial charge < -0.3 is 9.47 Å². The molecule has 1 saturated heterocycles. The predicted octanol–water partition coefficient (Wildman–Crippen LogP) is 2.29. The molecular weight excluding hydrogens is 458 g/mol. The number of alkyl halides is 2. The number of sulfonamides is 1. The van der Waals surface area contributed by atoms with E-state index in [9.17, 15) is 22.0 Å². The topological polar surface area (TPSA) is 111 Å². The molecule has 1 N–H and O–H groups in total. The van der Waals surface area contributed by atoms with Crippen LogP contribution in [0.2, 0.25) is 0 Å². The molecule has 184 valence electrons. The van der Waals surface area contributed by atoms with Crippen molar-refractivity contribution < 1.29 is 31.5 Å². The maximum Gasteiger partial charge on any atom is 0.410 e. The minimum atomic E-state index is -4.82. The zero-order valence-electron chi connectivity index (χ0n) is 18.9. The molecule has 2 aliphatic carbocycles. The second-order valence-electron chi connectivity index (χ2n) is 9.30. The molecule has 12 heteroatoms. The standard InChI is InChI=1S/C21H30F2N4O5S/c1-12-9-16(26-33(29,30)19(22)23)17(27(12)20(28)31-3)11-32-14-5-6-21(13(2)15(21)10-14)18-24-7-4-8-25-18/h4,7-8,12-17,19,26H,5-6,9-11H2,1-3H3/t12-,13+,14+,15-,16+,17+,21-/m1/s1. The lowest BCUT2D eigenvalue weighted by Gasteiger charge is -2.32. The van der Waals surface area contributed by atoms with Crippen molar-refractivity contribution >= 4 is 16.1 Å². The van der Waals surface area contributed by atoms with E-state index in [1.54, 1.807) is 25.4 Å². The summed E-state index contributed by atoms with van der Waals surface area (Å²) in [6.45, 7) is 3.94. The number of nitrogens with one attached hydrogen (secondary N) is 1. The third kappa shape index (κ3) is 4.32. The number of carbonyl (C=O) groups is 1. The van der Waals surface area contributed by atoms with Gasteiger partial charge in [0.1, 0.15) is 5.82 Å². The van der Waals surface area contributed by atoms with Crippen LogP contribution in [-0.2, 0) is 24.9 Å². The van der Waals surface area contributed by atoms with Gasteiger partial charge in [-0.25, -0.2) is 27.9 Å². The zero-order chi connectivity index (χ0) is 24.0. The van der Waals surface area contributed by atoms with E-state index in [-0.39, 0.29) is 24.5 Å². The van der Waals surface area contributed by atoms with Gasteiger partial charge in [-0.1, -0.05) is 6.92 Å². The molecule has 9 nitrogen and oxygen atoms in total. The van der Waals surface area contributed by atoms with E-state index < -0.39 is 40.0 Å². The minimum absolute atomic E-state index is 0.0243.